The molecule has 1 unspecified atom stereocenters. The molecular formula is C17H20N2O2S. The molecule has 0 aliphatic heterocycles. The first-order valence-corrected chi connectivity index (χ1v) is 8.28. The van der Waals surface area contributed by atoms with Gasteiger partial charge in [-0.25, -0.2) is 4.98 Å². The van der Waals surface area contributed by atoms with E-state index < -0.39 is 0 Å². The van der Waals surface area contributed by atoms with Crippen molar-refractivity contribution in [1.29, 1.82) is 0 Å². The van der Waals surface area contributed by atoms with Crippen molar-refractivity contribution in [2.24, 2.45) is 0 Å². The van der Waals surface area contributed by atoms with Crippen molar-refractivity contribution in [3.63, 3.8) is 0 Å². The van der Waals surface area contributed by atoms with Crippen LogP contribution in [0.15, 0.2) is 53.7 Å². The number of aliphatic hydroxyl groups excluding tert-OH is 1. The largest absolute Gasteiger partial charge is 0.396 e. The summed E-state index contributed by atoms with van der Waals surface area (Å²) >= 11 is 1.64. The standard InChI is InChI=1S/C17H20N2O2S/c1-2-22-16-9-8-14(12-18-16)17(21)19-15(10-11-20)13-6-4-3-5-7-13/h3-9,12,15,20H,2,10-11H2,1H3,(H,19,21). The number of thioether (sulfide) groups is 1. The van der Waals surface area contributed by atoms with Gasteiger partial charge < -0.3 is 10.4 Å². The van der Waals surface area contributed by atoms with E-state index in [4.69, 9.17) is 0 Å². The van der Waals surface area contributed by atoms with Crippen LogP contribution < -0.4 is 5.32 Å². The Morgan fingerprint density at radius 1 is 1.27 bits per heavy atom. The number of benzene rings is 1. The molecular weight excluding hydrogens is 296 g/mol. The highest BCUT2D eigenvalue weighted by Crippen LogP contribution is 2.18. The van der Waals surface area contributed by atoms with Crippen LogP contribution in [0.4, 0.5) is 0 Å². The molecule has 1 aromatic heterocycles. The van der Waals surface area contributed by atoms with E-state index in [9.17, 15) is 9.90 Å². The van der Waals surface area contributed by atoms with Gasteiger partial charge in [0.2, 0.25) is 0 Å². The molecule has 0 aliphatic rings. The minimum Gasteiger partial charge on any atom is -0.396 e. The molecule has 0 saturated carbocycles. The number of carbonyl (C=O) groups excluding carboxylic acids is 1. The van der Waals surface area contributed by atoms with Crippen molar-refractivity contribution >= 4 is 17.7 Å². The number of amides is 1. The highest BCUT2D eigenvalue weighted by atomic mass is 32.2. The zero-order valence-corrected chi connectivity index (χ0v) is 13.3. The molecule has 2 rings (SSSR count). The summed E-state index contributed by atoms with van der Waals surface area (Å²) in [4.78, 5) is 16.6. The lowest BCUT2D eigenvalue weighted by molar-refractivity contribution is 0.0929. The number of aromatic nitrogens is 1. The molecule has 5 heteroatoms. The summed E-state index contributed by atoms with van der Waals surface area (Å²) in [6.45, 7) is 2.08. The van der Waals surface area contributed by atoms with Crippen molar-refractivity contribution in [1.82, 2.24) is 10.3 Å². The second-order valence-corrected chi connectivity index (χ2v) is 6.05. The molecule has 1 aromatic carbocycles. The highest BCUT2D eigenvalue weighted by molar-refractivity contribution is 7.99. The Kier molecular flexibility index (Phi) is 6.43. The van der Waals surface area contributed by atoms with E-state index in [0.29, 0.717) is 12.0 Å². The maximum atomic E-state index is 12.3. The van der Waals surface area contributed by atoms with Gasteiger partial charge in [-0.05, 0) is 29.9 Å². The summed E-state index contributed by atoms with van der Waals surface area (Å²) in [5, 5.41) is 13.1. The smallest absolute Gasteiger partial charge is 0.253 e. The Balaban J connectivity index is 2.07. The lowest BCUT2D eigenvalue weighted by atomic mass is 10.0. The predicted octanol–water partition coefficient (Wildman–Crippen LogP) is 3.05. The van der Waals surface area contributed by atoms with Gasteiger partial charge in [-0.15, -0.1) is 11.8 Å². The van der Waals surface area contributed by atoms with Crippen LogP contribution in [-0.4, -0.2) is 28.4 Å². The van der Waals surface area contributed by atoms with Gasteiger partial charge in [-0.1, -0.05) is 37.3 Å². The Labute approximate surface area is 135 Å². The van der Waals surface area contributed by atoms with E-state index in [1.165, 1.54) is 0 Å². The molecule has 1 atom stereocenters. The minimum absolute atomic E-state index is 0.0180. The lowest BCUT2D eigenvalue weighted by Crippen LogP contribution is -2.29. The minimum atomic E-state index is -0.205. The van der Waals surface area contributed by atoms with Crippen molar-refractivity contribution in [2.75, 3.05) is 12.4 Å². The quantitative estimate of drug-likeness (QED) is 0.771. The molecule has 0 spiro atoms. The first-order valence-electron chi connectivity index (χ1n) is 7.30. The number of hydrogen-bond acceptors (Lipinski definition) is 4. The number of pyridine rings is 1. The summed E-state index contributed by atoms with van der Waals surface area (Å²) in [7, 11) is 0. The summed E-state index contributed by atoms with van der Waals surface area (Å²) in [5.74, 6) is 0.772. The topological polar surface area (TPSA) is 62.2 Å². The molecule has 1 heterocycles. The molecule has 2 N–H and O–H groups in total. The van der Waals surface area contributed by atoms with Gasteiger partial charge >= 0.3 is 0 Å². The number of nitrogens with zero attached hydrogens (tertiary/aromatic N) is 1. The number of rotatable bonds is 7. The van der Waals surface area contributed by atoms with Gasteiger partial charge in [-0.3, -0.25) is 4.79 Å². The van der Waals surface area contributed by atoms with Gasteiger partial charge in [0.05, 0.1) is 16.6 Å². The molecule has 0 bridgehead atoms. The second-order valence-electron chi connectivity index (χ2n) is 4.77. The van der Waals surface area contributed by atoms with E-state index in [2.05, 4.69) is 17.2 Å². The normalized spacial score (nSPS) is 11.9. The van der Waals surface area contributed by atoms with Crippen LogP contribution in [-0.2, 0) is 0 Å². The third-order valence-corrected chi connectivity index (χ3v) is 4.04. The van der Waals surface area contributed by atoms with E-state index >= 15 is 0 Å². The molecule has 116 valence electrons. The number of carbonyl (C=O) groups is 1. The molecule has 22 heavy (non-hydrogen) atoms. The van der Waals surface area contributed by atoms with Gasteiger partial charge in [0, 0.05) is 12.8 Å². The molecule has 0 saturated heterocycles. The fraction of sp³-hybridized carbons (Fsp3) is 0.294. The average Bonchev–Trinajstić information content (AvgIpc) is 2.56. The van der Waals surface area contributed by atoms with Gasteiger partial charge in [0.1, 0.15) is 0 Å². The summed E-state index contributed by atoms with van der Waals surface area (Å²) in [6.07, 6.45) is 2.07. The van der Waals surface area contributed by atoms with Gasteiger partial charge in [0.15, 0.2) is 0 Å². The maximum Gasteiger partial charge on any atom is 0.253 e. The van der Waals surface area contributed by atoms with Crippen LogP contribution in [0.2, 0.25) is 0 Å². The monoisotopic (exact) mass is 316 g/mol. The van der Waals surface area contributed by atoms with Crippen LogP contribution in [0, 0.1) is 0 Å². The maximum absolute atomic E-state index is 12.3. The predicted molar refractivity (Wildman–Crippen MR) is 89.0 cm³/mol. The van der Waals surface area contributed by atoms with Crippen LogP contribution in [0.3, 0.4) is 0 Å². The van der Waals surface area contributed by atoms with Crippen molar-refractivity contribution in [3.8, 4) is 0 Å². The van der Waals surface area contributed by atoms with E-state index in [1.54, 1.807) is 24.0 Å². The third-order valence-electron chi connectivity index (χ3n) is 3.22. The van der Waals surface area contributed by atoms with E-state index in [0.717, 1.165) is 16.3 Å². The fourth-order valence-corrected chi connectivity index (χ4v) is 2.71. The van der Waals surface area contributed by atoms with Crippen LogP contribution in [0.1, 0.15) is 35.3 Å². The molecule has 0 aliphatic carbocycles. The van der Waals surface area contributed by atoms with Crippen LogP contribution >= 0.6 is 11.8 Å². The molecule has 1 amide bonds. The summed E-state index contributed by atoms with van der Waals surface area (Å²) < 4.78 is 0. The van der Waals surface area contributed by atoms with Crippen molar-refractivity contribution in [3.05, 3.63) is 59.8 Å². The first-order chi connectivity index (χ1) is 10.7. The van der Waals surface area contributed by atoms with Gasteiger partial charge in [-0.2, -0.15) is 0 Å². The molecule has 2 aromatic rings. The zero-order valence-electron chi connectivity index (χ0n) is 12.5. The third kappa shape index (κ3) is 4.58. The summed E-state index contributed by atoms with van der Waals surface area (Å²) in [6, 6.07) is 13.1. The Morgan fingerprint density at radius 2 is 2.05 bits per heavy atom. The van der Waals surface area contributed by atoms with E-state index in [1.807, 2.05) is 36.4 Å². The molecule has 0 fully saturated rings. The Hall–Kier alpha value is -1.85. The lowest BCUT2D eigenvalue weighted by Gasteiger charge is -2.18. The first kappa shape index (κ1) is 16.5. The second kappa shape index (κ2) is 8.56. The fourth-order valence-electron chi connectivity index (χ4n) is 2.13. The number of aliphatic hydroxyl groups is 1. The number of nitrogens with one attached hydrogen (secondary N) is 1. The molecule has 4 nitrogen and oxygen atoms in total. The average molecular weight is 316 g/mol. The van der Waals surface area contributed by atoms with E-state index in [-0.39, 0.29) is 18.6 Å². The zero-order chi connectivity index (χ0) is 15.8. The Bertz CT molecular complexity index is 587. The number of hydrogen-bond donors (Lipinski definition) is 2. The SMILES string of the molecule is CCSc1ccc(C(=O)NC(CCO)c2ccccc2)cn1. The Morgan fingerprint density at radius 3 is 2.64 bits per heavy atom. The molecule has 0 radical (unpaired) electrons. The van der Waals surface area contributed by atoms with Gasteiger partial charge in [0.25, 0.3) is 5.91 Å². The summed E-state index contributed by atoms with van der Waals surface area (Å²) in [5.41, 5.74) is 1.51. The van der Waals surface area contributed by atoms with Crippen molar-refractivity contribution < 1.29 is 9.90 Å². The van der Waals surface area contributed by atoms with Crippen molar-refractivity contribution in [2.45, 2.75) is 24.4 Å². The van der Waals surface area contributed by atoms with Crippen LogP contribution in [0.5, 0.6) is 0 Å². The highest BCUT2D eigenvalue weighted by Gasteiger charge is 2.15. The van der Waals surface area contributed by atoms with Crippen LogP contribution in [0.25, 0.3) is 0 Å².